The zero-order valence-corrected chi connectivity index (χ0v) is 15.0. The molecule has 0 radical (unpaired) electrons. The van der Waals surface area contributed by atoms with Crippen LogP contribution in [0.25, 0.3) is 0 Å². The van der Waals surface area contributed by atoms with E-state index in [2.05, 4.69) is 11.9 Å². The molecule has 3 rings (SSSR count). The Morgan fingerprint density at radius 2 is 2.04 bits per heavy atom. The number of carbonyl (C=O) groups excluding carboxylic acids is 2. The molecule has 6 heteroatoms. The molecule has 1 fully saturated rings. The fourth-order valence-electron chi connectivity index (χ4n) is 3.18. The van der Waals surface area contributed by atoms with Crippen LogP contribution >= 0.6 is 11.6 Å². The van der Waals surface area contributed by atoms with Crippen LogP contribution < -0.4 is 4.90 Å². The number of piperazine rings is 1. The largest absolute Gasteiger partial charge is 0.357 e. The average molecular weight is 360 g/mol. The van der Waals surface area contributed by atoms with E-state index >= 15 is 0 Å². The van der Waals surface area contributed by atoms with E-state index in [0.717, 1.165) is 24.9 Å². The Kier molecular flexibility index (Phi) is 5.43. The van der Waals surface area contributed by atoms with Crippen LogP contribution in [0.15, 0.2) is 42.6 Å². The molecule has 25 heavy (non-hydrogen) atoms. The number of nitrogens with one attached hydrogen (secondary N) is 1. The quantitative estimate of drug-likeness (QED) is 0.884. The summed E-state index contributed by atoms with van der Waals surface area (Å²) in [5.74, 6) is -0.190. The molecular formula is C19H22ClN3O2. The number of aromatic amines is 1. The van der Waals surface area contributed by atoms with Gasteiger partial charge in [-0.05, 0) is 42.8 Å². The van der Waals surface area contributed by atoms with Crippen LogP contribution in [-0.4, -0.2) is 40.8 Å². The third kappa shape index (κ3) is 3.87. The van der Waals surface area contributed by atoms with Gasteiger partial charge in [-0.2, -0.15) is 0 Å². The molecule has 2 aromatic rings. The second-order valence-corrected chi connectivity index (χ2v) is 6.73. The smallest absolute Gasteiger partial charge is 0.271 e. The van der Waals surface area contributed by atoms with E-state index < -0.39 is 0 Å². The molecule has 132 valence electrons. The van der Waals surface area contributed by atoms with Gasteiger partial charge in [0.05, 0.1) is 6.04 Å². The normalized spacial score (nSPS) is 17.8. The minimum Gasteiger partial charge on any atom is -0.357 e. The van der Waals surface area contributed by atoms with Crippen molar-refractivity contribution in [1.82, 2.24) is 9.88 Å². The fraction of sp³-hybridized carbons (Fsp3) is 0.368. The predicted octanol–water partition coefficient (Wildman–Crippen LogP) is 3.72. The fourth-order valence-corrected chi connectivity index (χ4v) is 3.31. The van der Waals surface area contributed by atoms with Gasteiger partial charge in [0.25, 0.3) is 5.91 Å². The maximum Gasteiger partial charge on any atom is 0.271 e. The van der Waals surface area contributed by atoms with E-state index in [9.17, 15) is 9.59 Å². The highest BCUT2D eigenvalue weighted by Gasteiger charge is 2.35. The van der Waals surface area contributed by atoms with Gasteiger partial charge < -0.3 is 14.8 Å². The maximum absolute atomic E-state index is 12.8. The number of hydrogen-bond acceptors (Lipinski definition) is 2. The summed E-state index contributed by atoms with van der Waals surface area (Å²) in [6.45, 7) is 2.73. The third-order valence-electron chi connectivity index (χ3n) is 4.56. The molecule has 2 heterocycles. The summed E-state index contributed by atoms with van der Waals surface area (Å²) >= 11 is 5.95. The van der Waals surface area contributed by atoms with Gasteiger partial charge >= 0.3 is 0 Å². The van der Waals surface area contributed by atoms with Crippen LogP contribution in [0.5, 0.6) is 0 Å². The minimum atomic E-state index is -0.116. The number of halogens is 1. The summed E-state index contributed by atoms with van der Waals surface area (Å²) in [6, 6.07) is 10.8. The number of unbranched alkanes of at least 4 members (excludes halogenated alkanes) is 1. The lowest BCUT2D eigenvalue weighted by molar-refractivity contribution is -0.121. The second-order valence-electron chi connectivity index (χ2n) is 6.29. The molecular weight excluding hydrogens is 338 g/mol. The number of amides is 2. The summed E-state index contributed by atoms with van der Waals surface area (Å²) in [7, 11) is 0. The second kappa shape index (κ2) is 7.74. The number of anilines is 1. The van der Waals surface area contributed by atoms with Gasteiger partial charge in [-0.1, -0.05) is 31.4 Å². The number of carbonyl (C=O) groups is 2. The van der Waals surface area contributed by atoms with Crippen molar-refractivity contribution >= 4 is 29.1 Å². The van der Waals surface area contributed by atoms with Crippen molar-refractivity contribution in [3.63, 3.8) is 0 Å². The molecule has 1 N–H and O–H groups in total. The molecule has 0 saturated carbocycles. The average Bonchev–Trinajstić information content (AvgIpc) is 3.15. The number of benzene rings is 1. The molecule has 1 aliphatic heterocycles. The van der Waals surface area contributed by atoms with E-state index in [0.29, 0.717) is 17.3 Å². The van der Waals surface area contributed by atoms with Gasteiger partial charge in [0.2, 0.25) is 5.91 Å². The van der Waals surface area contributed by atoms with E-state index in [-0.39, 0.29) is 24.4 Å². The zero-order valence-electron chi connectivity index (χ0n) is 14.2. The van der Waals surface area contributed by atoms with Gasteiger partial charge in [0.15, 0.2) is 0 Å². The minimum absolute atomic E-state index is 0.00382. The molecule has 5 nitrogen and oxygen atoms in total. The van der Waals surface area contributed by atoms with E-state index in [1.165, 1.54) is 0 Å². The maximum atomic E-state index is 12.8. The van der Waals surface area contributed by atoms with Crippen molar-refractivity contribution in [2.45, 2.75) is 32.2 Å². The molecule has 1 aromatic carbocycles. The lowest BCUT2D eigenvalue weighted by atomic mass is 10.0. The number of H-pyrrole nitrogens is 1. The first-order valence-corrected chi connectivity index (χ1v) is 8.98. The molecule has 0 bridgehead atoms. The van der Waals surface area contributed by atoms with Crippen molar-refractivity contribution in [3.05, 3.63) is 53.3 Å². The SMILES string of the molecule is CCCC[C@@H]1CN(c2ccc(Cl)cc2)C(=O)CN1C(=O)c1ccc[nH]1. The highest BCUT2D eigenvalue weighted by atomic mass is 35.5. The van der Waals surface area contributed by atoms with Crippen molar-refractivity contribution in [2.24, 2.45) is 0 Å². The van der Waals surface area contributed by atoms with E-state index in [1.54, 1.807) is 40.3 Å². The first-order valence-electron chi connectivity index (χ1n) is 8.60. The Morgan fingerprint density at radius 1 is 1.28 bits per heavy atom. The predicted molar refractivity (Wildman–Crippen MR) is 98.9 cm³/mol. The molecule has 1 aromatic heterocycles. The standard InChI is InChI=1S/C19H22ClN3O2/c1-2-3-5-16-12-22(15-9-7-14(20)8-10-15)18(24)13-23(16)19(25)17-6-4-11-21-17/h4,6-11,16,21H,2-3,5,12-13H2,1H3/t16-/m1/s1. The van der Waals surface area contributed by atoms with Gasteiger partial charge in [0.1, 0.15) is 12.2 Å². The highest BCUT2D eigenvalue weighted by Crippen LogP contribution is 2.25. The van der Waals surface area contributed by atoms with Crippen molar-refractivity contribution in [1.29, 1.82) is 0 Å². The molecule has 2 amide bonds. The number of hydrogen-bond donors (Lipinski definition) is 1. The Bertz CT molecular complexity index is 728. The monoisotopic (exact) mass is 359 g/mol. The van der Waals surface area contributed by atoms with Crippen LogP contribution in [0.1, 0.15) is 36.7 Å². The zero-order chi connectivity index (χ0) is 17.8. The lowest BCUT2D eigenvalue weighted by Crippen LogP contribution is -2.58. The molecule has 0 spiro atoms. The van der Waals surface area contributed by atoms with E-state index in [4.69, 9.17) is 11.6 Å². The molecule has 1 aliphatic rings. The molecule has 0 aliphatic carbocycles. The van der Waals surface area contributed by atoms with Gasteiger partial charge in [-0.15, -0.1) is 0 Å². The first-order chi connectivity index (χ1) is 12.1. The summed E-state index contributed by atoms with van der Waals surface area (Å²) in [5.41, 5.74) is 1.34. The van der Waals surface area contributed by atoms with Crippen LogP contribution in [0, 0.1) is 0 Å². The van der Waals surface area contributed by atoms with Crippen molar-refractivity contribution < 1.29 is 9.59 Å². The Morgan fingerprint density at radius 3 is 2.68 bits per heavy atom. The van der Waals surface area contributed by atoms with Gasteiger partial charge in [-0.3, -0.25) is 9.59 Å². The first kappa shape index (κ1) is 17.5. The molecule has 1 saturated heterocycles. The van der Waals surface area contributed by atoms with Crippen molar-refractivity contribution in [3.8, 4) is 0 Å². The van der Waals surface area contributed by atoms with Crippen LogP contribution in [0.2, 0.25) is 5.02 Å². The van der Waals surface area contributed by atoms with Crippen LogP contribution in [0.4, 0.5) is 5.69 Å². The van der Waals surface area contributed by atoms with E-state index in [1.807, 2.05) is 12.1 Å². The number of rotatable bonds is 5. The van der Waals surface area contributed by atoms with Crippen molar-refractivity contribution in [2.75, 3.05) is 18.0 Å². The number of aromatic nitrogens is 1. The molecule has 0 unspecified atom stereocenters. The Labute approximate surface area is 152 Å². The summed E-state index contributed by atoms with van der Waals surface area (Å²) in [6.07, 6.45) is 4.66. The summed E-state index contributed by atoms with van der Waals surface area (Å²) < 4.78 is 0. The van der Waals surface area contributed by atoms with Gasteiger partial charge in [0, 0.05) is 23.5 Å². The summed E-state index contributed by atoms with van der Waals surface area (Å²) in [4.78, 5) is 31.9. The Balaban J connectivity index is 1.82. The lowest BCUT2D eigenvalue weighted by Gasteiger charge is -2.41. The third-order valence-corrected chi connectivity index (χ3v) is 4.81. The van der Waals surface area contributed by atoms with Crippen LogP contribution in [-0.2, 0) is 4.79 Å². The Hall–Kier alpha value is -2.27. The highest BCUT2D eigenvalue weighted by molar-refractivity contribution is 6.30. The van der Waals surface area contributed by atoms with Gasteiger partial charge in [-0.25, -0.2) is 0 Å². The number of nitrogens with zero attached hydrogens (tertiary/aromatic N) is 2. The topological polar surface area (TPSA) is 56.4 Å². The molecule has 1 atom stereocenters. The van der Waals surface area contributed by atoms with Crippen LogP contribution in [0.3, 0.4) is 0 Å². The summed E-state index contributed by atoms with van der Waals surface area (Å²) in [5, 5.41) is 0.638.